The van der Waals surface area contributed by atoms with Crippen molar-refractivity contribution in [1.82, 2.24) is 0 Å². The number of ether oxygens (including phenoxy) is 1. The van der Waals surface area contributed by atoms with Crippen LogP contribution in [0.1, 0.15) is 12.5 Å². The molecule has 2 aromatic carbocycles. The van der Waals surface area contributed by atoms with Crippen molar-refractivity contribution < 1.29 is 13.2 Å². The van der Waals surface area contributed by atoms with Gasteiger partial charge in [-0.3, -0.25) is 0 Å². The van der Waals surface area contributed by atoms with Crippen molar-refractivity contribution in [2.75, 3.05) is 6.61 Å². The molecule has 0 unspecified atom stereocenters. The van der Waals surface area contributed by atoms with Crippen LogP contribution in [0.4, 0.5) is 0 Å². The van der Waals surface area contributed by atoms with Gasteiger partial charge in [0.05, 0.1) is 16.4 Å². The summed E-state index contributed by atoms with van der Waals surface area (Å²) in [6, 6.07) is 13.4. The zero-order chi connectivity index (χ0) is 13.9. The predicted octanol–water partition coefficient (Wildman–Crippen LogP) is 3.23. The van der Waals surface area contributed by atoms with Crippen LogP contribution in [0.5, 0.6) is 5.75 Å². The molecule has 0 amide bonds. The van der Waals surface area contributed by atoms with Gasteiger partial charge in [0.2, 0.25) is 9.84 Å². The molecule has 3 nitrogen and oxygen atoms in total. The largest absolute Gasteiger partial charge is 0.494 e. The Kier molecular flexibility index (Phi) is 3.90. The fourth-order valence-corrected chi connectivity index (χ4v) is 3.21. The molecule has 0 aromatic heterocycles. The highest BCUT2D eigenvalue weighted by molar-refractivity contribution is 7.91. The Morgan fingerprint density at radius 3 is 2.26 bits per heavy atom. The Balaban J connectivity index is 2.45. The molecule has 100 valence electrons. The molecular formula is C15H16O3S. The molecule has 0 spiro atoms. The van der Waals surface area contributed by atoms with Crippen molar-refractivity contribution >= 4 is 9.84 Å². The topological polar surface area (TPSA) is 43.4 Å². The zero-order valence-electron chi connectivity index (χ0n) is 11.0. The fourth-order valence-electron chi connectivity index (χ4n) is 1.84. The van der Waals surface area contributed by atoms with E-state index in [0.29, 0.717) is 16.4 Å². The summed E-state index contributed by atoms with van der Waals surface area (Å²) in [7, 11) is -3.45. The second kappa shape index (κ2) is 5.45. The Morgan fingerprint density at radius 1 is 1.00 bits per heavy atom. The third-order valence-electron chi connectivity index (χ3n) is 2.81. The summed E-state index contributed by atoms with van der Waals surface area (Å²) in [6.45, 7) is 4.30. The van der Waals surface area contributed by atoms with E-state index in [1.54, 1.807) is 48.5 Å². The molecule has 0 heterocycles. The molecule has 0 fully saturated rings. The SMILES string of the molecule is CCOc1ccc(S(=O)(=O)c2ccccc2)cc1C. The lowest BCUT2D eigenvalue weighted by Gasteiger charge is -2.09. The highest BCUT2D eigenvalue weighted by atomic mass is 32.2. The lowest BCUT2D eigenvalue weighted by atomic mass is 10.2. The highest BCUT2D eigenvalue weighted by Crippen LogP contribution is 2.26. The number of hydrogen-bond acceptors (Lipinski definition) is 3. The monoisotopic (exact) mass is 276 g/mol. The van der Waals surface area contributed by atoms with Gasteiger partial charge in [-0.05, 0) is 49.7 Å². The average Bonchev–Trinajstić information content (AvgIpc) is 2.42. The Bertz CT molecular complexity index is 661. The van der Waals surface area contributed by atoms with Crippen LogP contribution in [0.25, 0.3) is 0 Å². The molecule has 4 heteroatoms. The first-order chi connectivity index (χ1) is 9.05. The summed E-state index contributed by atoms with van der Waals surface area (Å²) in [6.07, 6.45) is 0. The summed E-state index contributed by atoms with van der Waals surface area (Å²) in [4.78, 5) is 0.596. The second-order valence-electron chi connectivity index (χ2n) is 4.18. The molecule has 0 radical (unpaired) electrons. The Labute approximate surface area is 113 Å². The van der Waals surface area contributed by atoms with Gasteiger partial charge in [-0.1, -0.05) is 18.2 Å². The van der Waals surface area contributed by atoms with E-state index < -0.39 is 9.84 Å². The van der Waals surface area contributed by atoms with E-state index in [2.05, 4.69) is 0 Å². The van der Waals surface area contributed by atoms with E-state index in [0.717, 1.165) is 11.3 Å². The van der Waals surface area contributed by atoms with Gasteiger partial charge in [0.25, 0.3) is 0 Å². The van der Waals surface area contributed by atoms with Crippen LogP contribution in [0.2, 0.25) is 0 Å². The molecule has 0 aliphatic carbocycles. The third kappa shape index (κ3) is 2.79. The van der Waals surface area contributed by atoms with E-state index in [4.69, 9.17) is 4.74 Å². The average molecular weight is 276 g/mol. The van der Waals surface area contributed by atoms with Gasteiger partial charge in [0.1, 0.15) is 5.75 Å². The number of sulfone groups is 1. The van der Waals surface area contributed by atoms with Gasteiger partial charge in [-0.15, -0.1) is 0 Å². The maximum Gasteiger partial charge on any atom is 0.206 e. The van der Waals surface area contributed by atoms with Crippen LogP contribution in [-0.4, -0.2) is 15.0 Å². The first kappa shape index (κ1) is 13.6. The lowest BCUT2D eigenvalue weighted by molar-refractivity contribution is 0.337. The molecule has 0 aliphatic rings. The quantitative estimate of drug-likeness (QED) is 0.861. The Morgan fingerprint density at radius 2 is 1.68 bits per heavy atom. The fraction of sp³-hybridized carbons (Fsp3) is 0.200. The van der Waals surface area contributed by atoms with E-state index in [9.17, 15) is 8.42 Å². The van der Waals surface area contributed by atoms with Crippen molar-refractivity contribution in [1.29, 1.82) is 0 Å². The van der Waals surface area contributed by atoms with Crippen molar-refractivity contribution in [3.63, 3.8) is 0 Å². The minimum absolute atomic E-state index is 0.291. The molecular weight excluding hydrogens is 260 g/mol. The summed E-state index contributed by atoms with van der Waals surface area (Å²) < 4.78 is 30.2. The standard InChI is InChI=1S/C15H16O3S/c1-3-18-15-10-9-14(11-12(15)2)19(16,17)13-7-5-4-6-8-13/h4-11H,3H2,1-2H3. The summed E-state index contributed by atoms with van der Waals surface area (Å²) in [5.41, 5.74) is 0.818. The summed E-state index contributed by atoms with van der Waals surface area (Å²) >= 11 is 0. The van der Waals surface area contributed by atoms with Crippen LogP contribution in [-0.2, 0) is 9.84 Å². The van der Waals surface area contributed by atoms with Crippen LogP contribution in [0, 0.1) is 6.92 Å². The maximum atomic E-state index is 12.4. The van der Waals surface area contributed by atoms with Gasteiger partial charge in [-0.25, -0.2) is 8.42 Å². The van der Waals surface area contributed by atoms with Gasteiger partial charge in [0, 0.05) is 0 Å². The molecule has 0 saturated heterocycles. The van der Waals surface area contributed by atoms with Gasteiger partial charge in [-0.2, -0.15) is 0 Å². The van der Waals surface area contributed by atoms with Gasteiger partial charge < -0.3 is 4.74 Å². The Hall–Kier alpha value is -1.81. The first-order valence-electron chi connectivity index (χ1n) is 6.09. The van der Waals surface area contributed by atoms with E-state index in [1.807, 2.05) is 13.8 Å². The minimum atomic E-state index is -3.45. The van der Waals surface area contributed by atoms with Crippen molar-refractivity contribution in [3.8, 4) is 5.75 Å². The van der Waals surface area contributed by atoms with Gasteiger partial charge in [0.15, 0.2) is 0 Å². The van der Waals surface area contributed by atoms with Gasteiger partial charge >= 0.3 is 0 Å². The van der Waals surface area contributed by atoms with Crippen molar-refractivity contribution in [2.45, 2.75) is 23.6 Å². The zero-order valence-corrected chi connectivity index (χ0v) is 11.8. The molecule has 0 aliphatic heterocycles. The first-order valence-corrected chi connectivity index (χ1v) is 7.57. The van der Waals surface area contributed by atoms with Crippen molar-refractivity contribution in [3.05, 3.63) is 54.1 Å². The molecule has 0 saturated carbocycles. The number of rotatable bonds is 4. The summed E-state index contributed by atoms with van der Waals surface area (Å²) in [5.74, 6) is 0.717. The van der Waals surface area contributed by atoms with E-state index >= 15 is 0 Å². The highest BCUT2D eigenvalue weighted by Gasteiger charge is 2.18. The summed E-state index contributed by atoms with van der Waals surface area (Å²) in [5, 5.41) is 0. The second-order valence-corrected chi connectivity index (χ2v) is 6.13. The molecule has 0 bridgehead atoms. The maximum absolute atomic E-state index is 12.4. The minimum Gasteiger partial charge on any atom is -0.494 e. The molecule has 0 atom stereocenters. The van der Waals surface area contributed by atoms with Crippen LogP contribution < -0.4 is 4.74 Å². The van der Waals surface area contributed by atoms with Crippen molar-refractivity contribution in [2.24, 2.45) is 0 Å². The van der Waals surface area contributed by atoms with E-state index in [1.165, 1.54) is 0 Å². The third-order valence-corrected chi connectivity index (χ3v) is 4.58. The normalized spacial score (nSPS) is 11.3. The predicted molar refractivity (Wildman–Crippen MR) is 74.2 cm³/mol. The molecule has 2 aromatic rings. The van der Waals surface area contributed by atoms with Crippen LogP contribution in [0.3, 0.4) is 0 Å². The number of aryl methyl sites for hydroxylation is 1. The van der Waals surface area contributed by atoms with Crippen LogP contribution >= 0.6 is 0 Å². The number of benzene rings is 2. The van der Waals surface area contributed by atoms with E-state index in [-0.39, 0.29) is 0 Å². The number of hydrogen-bond donors (Lipinski definition) is 0. The van der Waals surface area contributed by atoms with Crippen LogP contribution in [0.15, 0.2) is 58.3 Å². The lowest BCUT2D eigenvalue weighted by Crippen LogP contribution is -2.03. The smallest absolute Gasteiger partial charge is 0.206 e. The molecule has 19 heavy (non-hydrogen) atoms. The molecule has 0 N–H and O–H groups in total. The molecule has 2 rings (SSSR count).